The normalized spacial score (nSPS) is 14.7. The Bertz CT molecular complexity index is 436. The van der Waals surface area contributed by atoms with Gasteiger partial charge in [0.05, 0.1) is 12.1 Å². The summed E-state index contributed by atoms with van der Waals surface area (Å²) in [7, 11) is 0. The Morgan fingerprint density at radius 1 is 1.39 bits per heavy atom. The lowest BCUT2D eigenvalue weighted by Crippen LogP contribution is -2.30. The minimum atomic E-state index is 0.0856. The van der Waals surface area contributed by atoms with Crippen LogP contribution in [0.25, 0.3) is 6.08 Å². The van der Waals surface area contributed by atoms with Crippen LogP contribution in [-0.4, -0.2) is 18.6 Å². The summed E-state index contributed by atoms with van der Waals surface area (Å²) in [5.41, 5.74) is 3.92. The van der Waals surface area contributed by atoms with Crippen molar-refractivity contribution in [2.24, 2.45) is 0 Å². The molecule has 0 bridgehead atoms. The van der Waals surface area contributed by atoms with Crippen molar-refractivity contribution in [2.75, 3.05) is 11.9 Å². The van der Waals surface area contributed by atoms with E-state index in [1.807, 2.05) is 0 Å². The van der Waals surface area contributed by atoms with Crippen LogP contribution in [0.15, 0.2) is 24.3 Å². The molecular formula is C15H21NO2. The highest BCUT2D eigenvalue weighted by Gasteiger charge is 2.18. The van der Waals surface area contributed by atoms with E-state index in [0.29, 0.717) is 13.1 Å². The molecule has 0 aromatic heterocycles. The van der Waals surface area contributed by atoms with Gasteiger partial charge in [0, 0.05) is 5.69 Å². The van der Waals surface area contributed by atoms with Crippen molar-refractivity contribution in [3.8, 4) is 0 Å². The molecule has 0 atom stereocenters. The summed E-state index contributed by atoms with van der Waals surface area (Å²) in [5, 5.41) is 3.48. The lowest BCUT2D eigenvalue weighted by molar-refractivity contribution is -0.128. The number of hydrogen-bond donors (Lipinski definition) is 1. The van der Waals surface area contributed by atoms with Crippen LogP contribution < -0.4 is 5.32 Å². The first-order chi connectivity index (χ1) is 8.48. The summed E-state index contributed by atoms with van der Waals surface area (Å²) in [6.45, 7) is 9.13. The van der Waals surface area contributed by atoms with Crippen LogP contribution >= 0.6 is 0 Å². The van der Waals surface area contributed by atoms with E-state index in [-0.39, 0.29) is 5.54 Å². The van der Waals surface area contributed by atoms with E-state index in [1.54, 1.807) is 6.92 Å². The molecule has 3 heteroatoms. The first kappa shape index (κ1) is 14.3. The Morgan fingerprint density at radius 2 is 2.11 bits per heavy atom. The molecule has 18 heavy (non-hydrogen) atoms. The molecule has 1 aliphatic rings. The van der Waals surface area contributed by atoms with Crippen LogP contribution in [0.4, 0.5) is 5.69 Å². The number of carbonyl (C=O) groups excluding carboxylic acids is 1. The molecule has 0 fully saturated rings. The highest BCUT2D eigenvalue weighted by atomic mass is 16.5. The van der Waals surface area contributed by atoms with Gasteiger partial charge in [0.2, 0.25) is 0 Å². The van der Waals surface area contributed by atoms with Crippen LogP contribution in [0.2, 0.25) is 0 Å². The number of ether oxygens (including phenoxy) is 1. The fourth-order valence-electron chi connectivity index (χ4n) is 1.69. The van der Waals surface area contributed by atoms with E-state index in [0.717, 1.165) is 0 Å². The summed E-state index contributed by atoms with van der Waals surface area (Å²) >= 11 is 0. The van der Waals surface area contributed by atoms with E-state index < -0.39 is 0 Å². The zero-order chi connectivity index (χ0) is 13.6. The molecule has 1 heterocycles. The fraction of sp³-hybridized carbons (Fsp3) is 0.400. The maximum absolute atomic E-state index is 9.18. The molecule has 0 unspecified atom stereocenters. The van der Waals surface area contributed by atoms with Crippen LogP contribution in [0, 0.1) is 6.92 Å². The van der Waals surface area contributed by atoms with Crippen molar-refractivity contribution in [2.45, 2.75) is 33.2 Å². The first-order valence-electron chi connectivity index (χ1n) is 6.12. The maximum atomic E-state index is 9.18. The monoisotopic (exact) mass is 247 g/mol. The third-order valence-electron chi connectivity index (χ3n) is 2.58. The average molecular weight is 247 g/mol. The molecule has 0 spiro atoms. The number of benzene rings is 1. The number of aryl methyl sites for hydroxylation is 1. The van der Waals surface area contributed by atoms with E-state index >= 15 is 0 Å². The molecule has 1 N–H and O–H groups in total. The number of nitrogens with one attached hydrogen (secondary N) is 1. The van der Waals surface area contributed by atoms with Crippen LogP contribution in [0.3, 0.4) is 0 Å². The number of anilines is 1. The molecule has 1 aliphatic heterocycles. The Kier molecular flexibility index (Phi) is 4.95. The smallest absolute Gasteiger partial charge is 0.293 e. The van der Waals surface area contributed by atoms with Gasteiger partial charge in [-0.2, -0.15) is 0 Å². The minimum absolute atomic E-state index is 0.0856. The average Bonchev–Trinajstić information content (AvgIpc) is 2.31. The van der Waals surface area contributed by atoms with Gasteiger partial charge in [-0.05, 0) is 45.4 Å². The molecule has 2 rings (SSSR count). The van der Waals surface area contributed by atoms with Crippen molar-refractivity contribution in [3.05, 3.63) is 35.4 Å². The van der Waals surface area contributed by atoms with Crippen LogP contribution in [-0.2, 0) is 9.53 Å². The number of fused-ring (bicyclic) bond motifs is 1. The molecule has 3 nitrogen and oxygen atoms in total. The molecule has 0 radical (unpaired) electrons. The van der Waals surface area contributed by atoms with Crippen molar-refractivity contribution in [1.29, 1.82) is 0 Å². The van der Waals surface area contributed by atoms with Gasteiger partial charge >= 0.3 is 0 Å². The van der Waals surface area contributed by atoms with Crippen molar-refractivity contribution in [3.63, 3.8) is 0 Å². The molecule has 0 aliphatic carbocycles. The predicted molar refractivity (Wildman–Crippen MR) is 75.6 cm³/mol. The van der Waals surface area contributed by atoms with Crippen molar-refractivity contribution < 1.29 is 9.53 Å². The molecule has 0 saturated heterocycles. The number of carbonyl (C=O) groups is 1. The summed E-state index contributed by atoms with van der Waals surface area (Å²) < 4.78 is 4.15. The van der Waals surface area contributed by atoms with Gasteiger partial charge in [-0.1, -0.05) is 23.8 Å². The minimum Gasteiger partial charge on any atom is -0.468 e. The molecule has 0 amide bonds. The maximum Gasteiger partial charge on any atom is 0.293 e. The summed E-state index contributed by atoms with van der Waals surface area (Å²) in [4.78, 5) is 9.18. The summed E-state index contributed by atoms with van der Waals surface area (Å²) in [6.07, 6.45) is 4.40. The van der Waals surface area contributed by atoms with Gasteiger partial charge in [0.1, 0.15) is 0 Å². The third kappa shape index (κ3) is 4.24. The zero-order valence-corrected chi connectivity index (χ0v) is 11.5. The standard InChI is InChI=1S/C12H15N.C3H6O2/c1-9-4-5-11-10(8-9)6-7-12(2,3)13-11;1-2-5-3-4/h4-8,13H,1-3H3;3H,2H2,1H3. The zero-order valence-electron chi connectivity index (χ0n) is 11.5. The molecule has 1 aromatic carbocycles. The predicted octanol–water partition coefficient (Wildman–Crippen LogP) is 3.39. The molecule has 98 valence electrons. The van der Waals surface area contributed by atoms with E-state index in [4.69, 9.17) is 0 Å². The highest BCUT2D eigenvalue weighted by Crippen LogP contribution is 2.28. The topological polar surface area (TPSA) is 38.3 Å². The van der Waals surface area contributed by atoms with Gasteiger partial charge < -0.3 is 10.1 Å². The Balaban J connectivity index is 0.000000280. The van der Waals surface area contributed by atoms with Crippen LogP contribution in [0.5, 0.6) is 0 Å². The van der Waals surface area contributed by atoms with Crippen LogP contribution in [0.1, 0.15) is 31.9 Å². The molecule has 1 aromatic rings. The Morgan fingerprint density at radius 3 is 2.67 bits per heavy atom. The fourth-order valence-corrected chi connectivity index (χ4v) is 1.69. The first-order valence-corrected chi connectivity index (χ1v) is 6.12. The van der Waals surface area contributed by atoms with Gasteiger partial charge in [0.25, 0.3) is 6.47 Å². The van der Waals surface area contributed by atoms with Gasteiger partial charge in [-0.15, -0.1) is 0 Å². The van der Waals surface area contributed by atoms with Gasteiger partial charge in [0.15, 0.2) is 0 Å². The summed E-state index contributed by atoms with van der Waals surface area (Å²) in [6, 6.07) is 6.49. The second kappa shape index (κ2) is 6.24. The second-order valence-corrected chi connectivity index (χ2v) is 4.82. The van der Waals surface area contributed by atoms with Gasteiger partial charge in [-0.3, -0.25) is 4.79 Å². The number of hydrogen-bond acceptors (Lipinski definition) is 3. The van der Waals surface area contributed by atoms with Crippen molar-refractivity contribution in [1.82, 2.24) is 0 Å². The largest absolute Gasteiger partial charge is 0.468 e. The van der Waals surface area contributed by atoms with Gasteiger partial charge in [-0.25, -0.2) is 0 Å². The second-order valence-electron chi connectivity index (χ2n) is 4.82. The van der Waals surface area contributed by atoms with E-state index in [9.17, 15) is 4.79 Å². The molecular weight excluding hydrogens is 226 g/mol. The van der Waals surface area contributed by atoms with E-state index in [2.05, 4.69) is 61.2 Å². The quantitative estimate of drug-likeness (QED) is 0.814. The SMILES string of the molecule is CCOC=O.Cc1ccc2c(c1)C=CC(C)(C)N2. The molecule has 0 saturated carbocycles. The third-order valence-corrected chi connectivity index (χ3v) is 2.58. The Labute approximate surface area is 109 Å². The summed E-state index contributed by atoms with van der Waals surface area (Å²) in [5.74, 6) is 0. The van der Waals surface area contributed by atoms with E-state index in [1.165, 1.54) is 16.8 Å². The number of rotatable bonds is 2. The lowest BCUT2D eigenvalue weighted by Gasteiger charge is -2.29. The Hall–Kier alpha value is -1.77. The highest BCUT2D eigenvalue weighted by molar-refractivity contribution is 5.72. The lowest BCUT2D eigenvalue weighted by atomic mass is 9.96. The van der Waals surface area contributed by atoms with Crippen molar-refractivity contribution >= 4 is 18.2 Å².